The minimum Gasteiger partial charge on any atom is -0.497 e. The lowest BCUT2D eigenvalue weighted by molar-refractivity contribution is -0.145. The van der Waals surface area contributed by atoms with E-state index in [2.05, 4.69) is 9.97 Å². The van der Waals surface area contributed by atoms with Gasteiger partial charge < -0.3 is 19.4 Å². The van der Waals surface area contributed by atoms with Gasteiger partial charge in [-0.3, -0.25) is 9.59 Å². The van der Waals surface area contributed by atoms with E-state index in [4.69, 9.17) is 9.47 Å². The van der Waals surface area contributed by atoms with Crippen molar-refractivity contribution in [3.63, 3.8) is 0 Å². The summed E-state index contributed by atoms with van der Waals surface area (Å²) in [5.74, 6) is -0.122. The van der Waals surface area contributed by atoms with Gasteiger partial charge in [-0.1, -0.05) is 6.92 Å². The number of benzene rings is 1. The molecule has 122 valence electrons. The van der Waals surface area contributed by atoms with Crippen molar-refractivity contribution < 1.29 is 19.1 Å². The first-order chi connectivity index (χ1) is 11.0. The number of imidazole rings is 1. The number of esters is 1. The molecule has 0 unspecified atom stereocenters. The van der Waals surface area contributed by atoms with E-state index in [0.29, 0.717) is 17.7 Å². The second-order valence-electron chi connectivity index (χ2n) is 4.90. The molecule has 0 atom stereocenters. The summed E-state index contributed by atoms with van der Waals surface area (Å²) in [5, 5.41) is 0. The fourth-order valence-electron chi connectivity index (χ4n) is 2.04. The molecule has 0 spiro atoms. The number of carbonyl (C=O) groups excluding carboxylic acids is 2. The van der Waals surface area contributed by atoms with Gasteiger partial charge in [0.2, 0.25) is 5.78 Å². The van der Waals surface area contributed by atoms with Gasteiger partial charge in [-0.15, -0.1) is 0 Å². The highest BCUT2D eigenvalue weighted by Crippen LogP contribution is 2.15. The Hall–Kier alpha value is -2.83. The van der Waals surface area contributed by atoms with Crippen LogP contribution < -0.4 is 10.4 Å². The predicted octanol–water partition coefficient (Wildman–Crippen LogP) is 1.79. The fraction of sp³-hybridized carbons (Fsp3) is 0.312. The number of nitrogens with one attached hydrogen (secondary N) is 2. The minimum atomic E-state index is -0.525. The van der Waals surface area contributed by atoms with Gasteiger partial charge in [-0.2, -0.15) is 0 Å². The summed E-state index contributed by atoms with van der Waals surface area (Å²) < 4.78 is 10.1. The number of H-pyrrole nitrogens is 2. The normalized spacial score (nSPS) is 10.3. The second-order valence-corrected chi connectivity index (χ2v) is 4.90. The average Bonchev–Trinajstić information content (AvgIpc) is 2.93. The van der Waals surface area contributed by atoms with Crippen LogP contribution in [0.3, 0.4) is 0 Å². The molecule has 1 heterocycles. The van der Waals surface area contributed by atoms with Crippen LogP contribution in [0.25, 0.3) is 0 Å². The maximum atomic E-state index is 12.5. The summed E-state index contributed by atoms with van der Waals surface area (Å²) >= 11 is 0. The molecule has 0 fully saturated rings. The number of ketones is 1. The molecule has 0 saturated heterocycles. The van der Waals surface area contributed by atoms with Crippen LogP contribution in [-0.4, -0.2) is 28.8 Å². The van der Waals surface area contributed by atoms with Crippen molar-refractivity contribution in [3.8, 4) is 5.75 Å². The Morgan fingerprint density at radius 1 is 1.13 bits per heavy atom. The summed E-state index contributed by atoms with van der Waals surface area (Å²) in [5.41, 5.74) is 0.204. The SMILES string of the molecule is CCCC(=O)OCc1[nH]c(=O)[nH]c1C(=O)c1ccc(OC)cc1. The second kappa shape index (κ2) is 7.44. The summed E-state index contributed by atoms with van der Waals surface area (Å²) in [6.07, 6.45) is 0.955. The van der Waals surface area contributed by atoms with Crippen molar-refractivity contribution in [2.45, 2.75) is 26.4 Å². The lowest BCUT2D eigenvalue weighted by atomic mass is 10.1. The number of ether oxygens (including phenoxy) is 2. The Bertz CT molecular complexity index is 743. The van der Waals surface area contributed by atoms with Gasteiger partial charge >= 0.3 is 11.7 Å². The van der Waals surface area contributed by atoms with E-state index in [1.54, 1.807) is 24.3 Å². The highest BCUT2D eigenvalue weighted by molar-refractivity contribution is 6.08. The standard InChI is InChI=1S/C16H18N2O5/c1-3-4-13(19)23-9-12-14(18-16(21)17-12)15(20)10-5-7-11(22-2)8-6-10/h5-8H,3-4,9H2,1-2H3,(H2,17,18,21). The lowest BCUT2D eigenvalue weighted by Gasteiger charge is -2.05. The van der Waals surface area contributed by atoms with Crippen molar-refractivity contribution in [3.05, 3.63) is 51.7 Å². The van der Waals surface area contributed by atoms with Crippen LogP contribution >= 0.6 is 0 Å². The number of carbonyl (C=O) groups is 2. The lowest BCUT2D eigenvalue weighted by Crippen LogP contribution is -2.09. The summed E-state index contributed by atoms with van der Waals surface area (Å²) in [4.78, 5) is 40.3. The molecule has 0 amide bonds. The molecule has 0 aliphatic heterocycles. The van der Waals surface area contributed by atoms with E-state index in [1.807, 2.05) is 6.92 Å². The minimum absolute atomic E-state index is 0.0875. The molecule has 0 radical (unpaired) electrons. The topological polar surface area (TPSA) is 101 Å². The van der Waals surface area contributed by atoms with Crippen molar-refractivity contribution in [2.24, 2.45) is 0 Å². The van der Waals surface area contributed by atoms with E-state index in [-0.39, 0.29) is 36.2 Å². The van der Waals surface area contributed by atoms with Gasteiger partial charge in [0.05, 0.1) is 12.8 Å². The Morgan fingerprint density at radius 2 is 1.83 bits per heavy atom. The van der Waals surface area contributed by atoms with E-state index in [9.17, 15) is 14.4 Å². The summed E-state index contributed by atoms with van der Waals surface area (Å²) in [6.45, 7) is 1.70. The van der Waals surface area contributed by atoms with Crippen LogP contribution in [0.15, 0.2) is 29.1 Å². The zero-order chi connectivity index (χ0) is 16.8. The van der Waals surface area contributed by atoms with Gasteiger partial charge in [0, 0.05) is 12.0 Å². The van der Waals surface area contributed by atoms with Crippen LogP contribution in [0.4, 0.5) is 0 Å². The number of aromatic amines is 2. The zero-order valence-electron chi connectivity index (χ0n) is 13.0. The van der Waals surface area contributed by atoms with Crippen LogP contribution in [0.5, 0.6) is 5.75 Å². The molecule has 0 aliphatic carbocycles. The Labute approximate surface area is 132 Å². The zero-order valence-corrected chi connectivity index (χ0v) is 13.0. The third-order valence-electron chi connectivity index (χ3n) is 3.22. The molecule has 7 heteroatoms. The Morgan fingerprint density at radius 3 is 2.43 bits per heavy atom. The average molecular weight is 318 g/mol. The molecule has 0 bridgehead atoms. The monoisotopic (exact) mass is 318 g/mol. The molecule has 7 nitrogen and oxygen atoms in total. The van der Waals surface area contributed by atoms with Crippen molar-refractivity contribution in [2.75, 3.05) is 7.11 Å². The largest absolute Gasteiger partial charge is 0.497 e. The van der Waals surface area contributed by atoms with Crippen molar-refractivity contribution in [1.82, 2.24) is 9.97 Å². The highest BCUT2D eigenvalue weighted by atomic mass is 16.5. The van der Waals surface area contributed by atoms with Gasteiger partial charge in [-0.05, 0) is 30.7 Å². The van der Waals surface area contributed by atoms with E-state index in [0.717, 1.165) is 0 Å². The number of rotatable bonds is 7. The highest BCUT2D eigenvalue weighted by Gasteiger charge is 2.18. The quantitative estimate of drug-likeness (QED) is 0.598. The first-order valence-electron chi connectivity index (χ1n) is 7.20. The maximum Gasteiger partial charge on any atom is 0.323 e. The third-order valence-corrected chi connectivity index (χ3v) is 3.22. The molecular weight excluding hydrogens is 300 g/mol. The van der Waals surface area contributed by atoms with Crippen LogP contribution in [0.1, 0.15) is 41.5 Å². The summed E-state index contributed by atoms with van der Waals surface area (Å²) in [6, 6.07) is 6.50. The van der Waals surface area contributed by atoms with Crippen LogP contribution in [0, 0.1) is 0 Å². The van der Waals surface area contributed by atoms with E-state index in [1.165, 1.54) is 7.11 Å². The first-order valence-corrected chi connectivity index (χ1v) is 7.20. The third kappa shape index (κ3) is 4.09. The molecule has 2 aromatic rings. The Balaban J connectivity index is 2.19. The Kier molecular flexibility index (Phi) is 5.35. The molecule has 2 rings (SSSR count). The number of hydrogen-bond acceptors (Lipinski definition) is 5. The smallest absolute Gasteiger partial charge is 0.323 e. The van der Waals surface area contributed by atoms with Crippen LogP contribution in [0.2, 0.25) is 0 Å². The molecule has 2 N–H and O–H groups in total. The fourth-order valence-corrected chi connectivity index (χ4v) is 2.04. The predicted molar refractivity (Wildman–Crippen MR) is 82.5 cm³/mol. The van der Waals surface area contributed by atoms with E-state index < -0.39 is 5.69 Å². The van der Waals surface area contributed by atoms with Crippen molar-refractivity contribution >= 4 is 11.8 Å². The van der Waals surface area contributed by atoms with Gasteiger partial charge in [0.15, 0.2) is 0 Å². The van der Waals surface area contributed by atoms with E-state index >= 15 is 0 Å². The van der Waals surface area contributed by atoms with Gasteiger partial charge in [0.25, 0.3) is 0 Å². The molecule has 0 saturated carbocycles. The summed E-state index contributed by atoms with van der Waals surface area (Å²) in [7, 11) is 1.53. The van der Waals surface area contributed by atoms with Gasteiger partial charge in [-0.25, -0.2) is 4.79 Å². The van der Waals surface area contributed by atoms with Crippen LogP contribution in [-0.2, 0) is 16.1 Å². The van der Waals surface area contributed by atoms with Gasteiger partial charge in [0.1, 0.15) is 18.1 Å². The first kappa shape index (κ1) is 16.5. The number of methoxy groups -OCH3 is 1. The molecular formula is C16H18N2O5. The number of aromatic nitrogens is 2. The molecule has 23 heavy (non-hydrogen) atoms. The van der Waals surface area contributed by atoms with Crippen molar-refractivity contribution in [1.29, 1.82) is 0 Å². The molecule has 0 aliphatic rings. The maximum absolute atomic E-state index is 12.5. The number of hydrogen-bond donors (Lipinski definition) is 2. The molecule has 1 aromatic heterocycles. The molecule has 1 aromatic carbocycles.